The number of halogens is 3. The Morgan fingerprint density at radius 2 is 1.36 bits per heavy atom. The zero-order chi connectivity index (χ0) is 26.0. The summed E-state index contributed by atoms with van der Waals surface area (Å²) in [5.74, 6) is -1.96. The van der Waals surface area contributed by atoms with Crippen molar-refractivity contribution in [2.75, 3.05) is 6.61 Å². The Morgan fingerprint density at radius 3 is 2.03 bits per heavy atom. The van der Waals surface area contributed by atoms with Crippen LogP contribution in [0.5, 0.6) is 5.75 Å². The van der Waals surface area contributed by atoms with Crippen molar-refractivity contribution in [1.82, 2.24) is 4.98 Å². The molecule has 0 bridgehead atoms. The van der Waals surface area contributed by atoms with E-state index in [4.69, 9.17) is 4.74 Å². The van der Waals surface area contributed by atoms with Gasteiger partial charge in [-0.3, -0.25) is 4.98 Å². The van der Waals surface area contributed by atoms with Gasteiger partial charge in [0.25, 0.3) is 0 Å². The number of hydrogen-bond donors (Lipinski definition) is 0. The Balaban J connectivity index is 1.75. The predicted octanol–water partition coefficient (Wildman–Crippen LogP) is 10.2. The molecule has 2 nitrogen and oxygen atoms in total. The molecule has 2 aromatic rings. The largest absolute Gasteiger partial charge is 0.490 e. The lowest BCUT2D eigenvalue weighted by Gasteiger charge is -2.11. The molecule has 0 saturated heterocycles. The molecule has 1 heterocycles. The van der Waals surface area contributed by atoms with E-state index in [0.29, 0.717) is 25.1 Å². The van der Waals surface area contributed by atoms with Gasteiger partial charge in [-0.05, 0) is 55.9 Å². The summed E-state index contributed by atoms with van der Waals surface area (Å²) in [6.45, 7) is 4.76. The zero-order valence-electron chi connectivity index (χ0n) is 22.5. The molecule has 0 N–H and O–H groups in total. The standard InChI is InChI=1S/C31H46F3NO/c1-3-5-7-9-11-13-17-26(32)18-15-16-25-19-21-28(35-24-25)27-20-22-29(31(34)30(27)33)36-23-14-12-10-8-6-4-2/h19-22,24,26H,3-18,23H2,1-2H3. The van der Waals surface area contributed by atoms with E-state index in [1.165, 1.54) is 57.1 Å². The molecule has 2 rings (SSSR count). The third-order valence-corrected chi connectivity index (χ3v) is 6.76. The minimum Gasteiger partial charge on any atom is -0.490 e. The molecule has 0 spiro atoms. The van der Waals surface area contributed by atoms with Gasteiger partial charge in [-0.2, -0.15) is 4.39 Å². The van der Waals surface area contributed by atoms with E-state index < -0.39 is 17.8 Å². The Bertz CT molecular complexity index is 840. The van der Waals surface area contributed by atoms with Crippen LogP contribution in [0, 0.1) is 11.6 Å². The van der Waals surface area contributed by atoms with Gasteiger partial charge in [0.15, 0.2) is 11.6 Å². The highest BCUT2D eigenvalue weighted by molar-refractivity contribution is 5.61. The maximum absolute atomic E-state index is 14.7. The van der Waals surface area contributed by atoms with Gasteiger partial charge in [-0.15, -0.1) is 0 Å². The molecule has 1 unspecified atom stereocenters. The van der Waals surface area contributed by atoms with Crippen molar-refractivity contribution < 1.29 is 17.9 Å². The average molecular weight is 506 g/mol. The molecule has 0 aliphatic carbocycles. The van der Waals surface area contributed by atoms with E-state index in [-0.39, 0.29) is 11.3 Å². The van der Waals surface area contributed by atoms with Gasteiger partial charge in [0.1, 0.15) is 6.17 Å². The number of benzene rings is 1. The van der Waals surface area contributed by atoms with E-state index in [0.717, 1.165) is 50.5 Å². The number of aromatic nitrogens is 1. The van der Waals surface area contributed by atoms with Crippen LogP contribution in [0.3, 0.4) is 0 Å². The molecule has 1 aromatic heterocycles. The van der Waals surface area contributed by atoms with Gasteiger partial charge in [-0.1, -0.05) is 90.5 Å². The second-order valence-electron chi connectivity index (χ2n) is 9.95. The second kappa shape index (κ2) is 18.2. The molecule has 1 aromatic carbocycles. The van der Waals surface area contributed by atoms with Crippen LogP contribution in [0.15, 0.2) is 30.5 Å². The fourth-order valence-electron chi connectivity index (χ4n) is 4.46. The summed E-state index contributed by atoms with van der Waals surface area (Å²) in [7, 11) is 0. The topological polar surface area (TPSA) is 22.1 Å². The number of ether oxygens (including phenoxy) is 1. The van der Waals surface area contributed by atoms with E-state index in [9.17, 15) is 13.2 Å². The van der Waals surface area contributed by atoms with Crippen LogP contribution < -0.4 is 4.74 Å². The van der Waals surface area contributed by atoms with Gasteiger partial charge in [0.2, 0.25) is 5.82 Å². The Hall–Kier alpha value is -2.04. The van der Waals surface area contributed by atoms with Gasteiger partial charge in [0, 0.05) is 11.8 Å². The van der Waals surface area contributed by atoms with Gasteiger partial charge in [0.05, 0.1) is 12.3 Å². The first-order chi connectivity index (χ1) is 17.6. The molecule has 0 radical (unpaired) electrons. The number of nitrogens with zero attached hydrogens (tertiary/aromatic N) is 1. The monoisotopic (exact) mass is 505 g/mol. The first kappa shape index (κ1) is 30.2. The molecule has 0 fully saturated rings. The van der Waals surface area contributed by atoms with Crippen molar-refractivity contribution in [3.63, 3.8) is 0 Å². The summed E-state index contributed by atoms with van der Waals surface area (Å²) in [6.07, 6.45) is 17.3. The van der Waals surface area contributed by atoms with Crippen LogP contribution in [-0.4, -0.2) is 17.8 Å². The van der Waals surface area contributed by atoms with Crippen molar-refractivity contribution in [2.45, 2.75) is 123 Å². The molecule has 5 heteroatoms. The highest BCUT2D eigenvalue weighted by atomic mass is 19.2. The summed E-state index contributed by atoms with van der Waals surface area (Å²) in [4.78, 5) is 4.33. The number of unbranched alkanes of at least 4 members (excludes halogenated alkanes) is 10. The molecule has 1 atom stereocenters. The number of alkyl halides is 1. The quantitative estimate of drug-likeness (QED) is 0.167. The SMILES string of the molecule is CCCCCCCCOc1ccc(-c2ccc(CCCC(F)CCCCCCCC)cn2)c(F)c1F. The van der Waals surface area contributed by atoms with Crippen LogP contribution in [0.1, 0.15) is 116 Å². The lowest BCUT2D eigenvalue weighted by Crippen LogP contribution is -2.02. The van der Waals surface area contributed by atoms with Gasteiger partial charge >= 0.3 is 0 Å². The molecule has 202 valence electrons. The number of rotatable bonds is 20. The van der Waals surface area contributed by atoms with Crippen LogP contribution in [0.25, 0.3) is 11.3 Å². The fraction of sp³-hybridized carbons (Fsp3) is 0.645. The molecule has 0 aliphatic heterocycles. The Morgan fingerprint density at radius 1 is 0.722 bits per heavy atom. The van der Waals surface area contributed by atoms with E-state index >= 15 is 0 Å². The summed E-state index contributed by atoms with van der Waals surface area (Å²) in [5, 5.41) is 0. The van der Waals surface area contributed by atoms with E-state index in [2.05, 4.69) is 18.8 Å². The normalized spacial score (nSPS) is 12.1. The van der Waals surface area contributed by atoms with E-state index in [1.54, 1.807) is 12.3 Å². The fourth-order valence-corrected chi connectivity index (χ4v) is 4.46. The summed E-state index contributed by atoms with van der Waals surface area (Å²) in [6, 6.07) is 6.56. The molecule has 0 saturated carbocycles. The Kier molecular flexibility index (Phi) is 15.3. The number of hydrogen-bond acceptors (Lipinski definition) is 2. The molecular weight excluding hydrogens is 459 g/mol. The third kappa shape index (κ3) is 11.3. The minimum atomic E-state index is -0.969. The second-order valence-corrected chi connectivity index (χ2v) is 9.95. The molecule has 0 aliphatic rings. The Labute approximate surface area is 217 Å². The van der Waals surface area contributed by atoms with Crippen molar-refractivity contribution >= 4 is 0 Å². The van der Waals surface area contributed by atoms with Crippen LogP contribution >= 0.6 is 0 Å². The van der Waals surface area contributed by atoms with Crippen molar-refractivity contribution in [3.05, 3.63) is 47.7 Å². The smallest absolute Gasteiger partial charge is 0.201 e. The maximum Gasteiger partial charge on any atom is 0.201 e. The summed E-state index contributed by atoms with van der Waals surface area (Å²) in [5.41, 5.74) is 1.48. The third-order valence-electron chi connectivity index (χ3n) is 6.76. The summed E-state index contributed by atoms with van der Waals surface area (Å²) >= 11 is 0. The molecular formula is C31H46F3NO. The first-order valence-corrected chi connectivity index (χ1v) is 14.3. The van der Waals surface area contributed by atoms with Gasteiger partial charge < -0.3 is 4.74 Å². The van der Waals surface area contributed by atoms with Crippen molar-refractivity contribution in [1.29, 1.82) is 0 Å². The highest BCUT2D eigenvalue weighted by Gasteiger charge is 2.16. The summed E-state index contributed by atoms with van der Waals surface area (Å²) < 4.78 is 48.9. The van der Waals surface area contributed by atoms with Gasteiger partial charge in [-0.25, -0.2) is 8.78 Å². The first-order valence-electron chi connectivity index (χ1n) is 14.3. The molecule has 36 heavy (non-hydrogen) atoms. The predicted molar refractivity (Wildman–Crippen MR) is 144 cm³/mol. The molecule has 0 amide bonds. The zero-order valence-corrected chi connectivity index (χ0v) is 22.5. The minimum absolute atomic E-state index is 0.0526. The maximum atomic E-state index is 14.7. The van der Waals surface area contributed by atoms with Crippen LogP contribution in [0.4, 0.5) is 13.2 Å². The lowest BCUT2D eigenvalue weighted by molar-refractivity contribution is 0.282. The van der Waals surface area contributed by atoms with Crippen LogP contribution in [-0.2, 0) is 6.42 Å². The average Bonchev–Trinajstić information content (AvgIpc) is 2.88. The van der Waals surface area contributed by atoms with E-state index in [1.807, 2.05) is 6.07 Å². The van der Waals surface area contributed by atoms with Crippen molar-refractivity contribution in [2.24, 2.45) is 0 Å². The number of aryl methyl sites for hydroxylation is 1. The lowest BCUT2D eigenvalue weighted by atomic mass is 10.0. The highest BCUT2D eigenvalue weighted by Crippen LogP contribution is 2.29. The van der Waals surface area contributed by atoms with Crippen molar-refractivity contribution in [3.8, 4) is 17.0 Å². The number of pyridine rings is 1. The van der Waals surface area contributed by atoms with Crippen LogP contribution in [0.2, 0.25) is 0 Å².